The fourth-order valence-electron chi connectivity index (χ4n) is 7.09. The Hall–Kier alpha value is -8.04. The number of rotatable bonds is 3. The number of pyridine rings is 3. The van der Waals surface area contributed by atoms with Crippen LogP contribution in [0.5, 0.6) is 0 Å². The molecule has 0 aliphatic rings. The molecule has 0 fully saturated rings. The van der Waals surface area contributed by atoms with Gasteiger partial charge in [0.2, 0.25) is 0 Å². The molecule has 0 radical (unpaired) electrons. The molecule has 0 aliphatic carbocycles. The molecule has 0 amide bonds. The summed E-state index contributed by atoms with van der Waals surface area (Å²) in [6.45, 7) is 0. The highest BCUT2D eigenvalue weighted by atomic mass is 15.3. The standard InChI is InChI=1S/3C16H11N3/c3*1-2-6-14-12(5-1)8-9-13-11-19(18-16(13)14)15-7-3-4-10-17-15/h3*1-11H. The Balaban J connectivity index is 0.000000104. The van der Waals surface area contributed by atoms with Crippen LogP contribution in [0.3, 0.4) is 0 Å². The fraction of sp³-hybridized carbons (Fsp3) is 0. The molecule has 0 atom stereocenters. The molecule has 6 aromatic heterocycles. The van der Waals surface area contributed by atoms with Gasteiger partial charge >= 0.3 is 0 Å². The summed E-state index contributed by atoms with van der Waals surface area (Å²) in [4.78, 5) is 13.0. The lowest BCUT2D eigenvalue weighted by atomic mass is 10.1. The second kappa shape index (κ2) is 14.7. The van der Waals surface area contributed by atoms with E-state index in [1.807, 2.05) is 124 Å². The average Bonchev–Trinajstić information content (AvgIpc) is 4.06. The van der Waals surface area contributed by atoms with E-state index >= 15 is 0 Å². The SMILES string of the molecule is c1ccc(-n2cc3ccc4ccccc4c3n2)nc1.c1ccc(-n2cc3ccc4ccccc4c3n2)nc1.c1ccc(-n2cc3ccc4ccccc4c3n2)nc1. The number of hydrogen-bond donors (Lipinski definition) is 0. The van der Waals surface area contributed by atoms with E-state index in [-0.39, 0.29) is 0 Å². The molecule has 12 aromatic rings. The fourth-order valence-corrected chi connectivity index (χ4v) is 7.09. The normalized spacial score (nSPS) is 11.2. The van der Waals surface area contributed by atoms with Gasteiger partial charge in [-0.3, -0.25) is 0 Å². The monoisotopic (exact) mass is 735 g/mol. The molecule has 9 nitrogen and oxygen atoms in total. The van der Waals surface area contributed by atoms with Crippen molar-refractivity contribution in [2.24, 2.45) is 0 Å². The van der Waals surface area contributed by atoms with Crippen molar-refractivity contribution in [2.45, 2.75) is 0 Å². The predicted molar refractivity (Wildman–Crippen MR) is 229 cm³/mol. The van der Waals surface area contributed by atoms with E-state index in [9.17, 15) is 0 Å². The quantitative estimate of drug-likeness (QED) is 0.179. The van der Waals surface area contributed by atoms with Crippen LogP contribution in [-0.4, -0.2) is 44.3 Å². The van der Waals surface area contributed by atoms with E-state index in [0.29, 0.717) is 0 Å². The lowest BCUT2D eigenvalue weighted by Gasteiger charge is -1.98. The maximum absolute atomic E-state index is 4.67. The van der Waals surface area contributed by atoms with E-state index in [4.69, 9.17) is 0 Å². The lowest BCUT2D eigenvalue weighted by Crippen LogP contribution is -1.96. The van der Waals surface area contributed by atoms with Crippen molar-refractivity contribution in [1.29, 1.82) is 0 Å². The first-order chi connectivity index (χ1) is 28.2. The average molecular weight is 736 g/mol. The molecule has 6 heterocycles. The Labute approximate surface area is 326 Å². The Kier molecular flexibility index (Phi) is 8.62. The molecule has 0 unspecified atom stereocenters. The van der Waals surface area contributed by atoms with Gasteiger partial charge in [0.15, 0.2) is 17.5 Å². The van der Waals surface area contributed by atoms with Crippen molar-refractivity contribution in [3.8, 4) is 17.5 Å². The van der Waals surface area contributed by atoms with Gasteiger partial charge in [0.25, 0.3) is 0 Å². The molecule has 0 N–H and O–H groups in total. The van der Waals surface area contributed by atoms with Crippen LogP contribution in [0.4, 0.5) is 0 Å². The summed E-state index contributed by atoms with van der Waals surface area (Å²) in [6.07, 6.45) is 11.4. The van der Waals surface area contributed by atoms with E-state index < -0.39 is 0 Å². The topological polar surface area (TPSA) is 92.1 Å². The first-order valence-electron chi connectivity index (χ1n) is 18.6. The Bertz CT molecular complexity index is 2940. The van der Waals surface area contributed by atoms with Gasteiger partial charge in [-0.05, 0) is 52.6 Å². The van der Waals surface area contributed by atoms with Crippen molar-refractivity contribution in [3.63, 3.8) is 0 Å². The molecule has 12 rings (SSSR count). The largest absolute Gasteiger partial charge is 0.237 e. The van der Waals surface area contributed by atoms with Crippen LogP contribution in [0.25, 0.3) is 82.5 Å². The third kappa shape index (κ3) is 6.59. The minimum Gasteiger partial charge on any atom is -0.237 e. The summed E-state index contributed by atoms with van der Waals surface area (Å²) in [5.41, 5.74) is 3.05. The zero-order chi connectivity index (χ0) is 38.0. The molecule has 57 heavy (non-hydrogen) atoms. The van der Waals surface area contributed by atoms with Gasteiger partial charge in [0, 0.05) is 69.5 Å². The molecular weight excluding hydrogens is 703 g/mol. The second-order valence-electron chi connectivity index (χ2n) is 13.5. The van der Waals surface area contributed by atoms with E-state index in [0.717, 1.165) is 50.2 Å². The zero-order valence-corrected chi connectivity index (χ0v) is 30.6. The van der Waals surface area contributed by atoms with E-state index in [1.54, 1.807) is 18.6 Å². The van der Waals surface area contributed by atoms with Crippen molar-refractivity contribution < 1.29 is 0 Å². The Morgan fingerprint density at radius 2 is 0.544 bits per heavy atom. The van der Waals surface area contributed by atoms with Crippen LogP contribution in [0.15, 0.2) is 201 Å². The third-order valence-corrected chi connectivity index (χ3v) is 9.85. The van der Waals surface area contributed by atoms with Crippen LogP contribution >= 0.6 is 0 Å². The molecule has 0 bridgehead atoms. The molecule has 270 valence electrons. The molecule has 0 spiro atoms. The predicted octanol–water partition coefficient (Wildman–Crippen LogP) is 10.7. The molecule has 0 saturated heterocycles. The number of benzene rings is 6. The molecule has 0 aliphatic heterocycles. The summed E-state index contributed by atoms with van der Waals surface area (Å²) in [6, 6.07) is 55.0. The van der Waals surface area contributed by atoms with E-state index in [1.165, 1.54) is 32.3 Å². The van der Waals surface area contributed by atoms with Crippen LogP contribution in [0.1, 0.15) is 0 Å². The summed E-state index contributed by atoms with van der Waals surface area (Å²) in [5, 5.41) is 24.5. The first-order valence-corrected chi connectivity index (χ1v) is 18.6. The maximum atomic E-state index is 4.67. The van der Waals surface area contributed by atoms with Crippen LogP contribution in [-0.2, 0) is 0 Å². The van der Waals surface area contributed by atoms with E-state index in [2.05, 4.69) is 103 Å². The zero-order valence-electron chi connectivity index (χ0n) is 30.6. The summed E-state index contributed by atoms with van der Waals surface area (Å²) in [7, 11) is 0. The minimum atomic E-state index is 0.836. The highest BCUT2D eigenvalue weighted by molar-refractivity contribution is 6.06. The highest BCUT2D eigenvalue weighted by Crippen LogP contribution is 2.27. The molecule has 6 aromatic carbocycles. The van der Waals surface area contributed by atoms with Crippen molar-refractivity contribution in [3.05, 3.63) is 201 Å². The highest BCUT2D eigenvalue weighted by Gasteiger charge is 2.09. The van der Waals surface area contributed by atoms with Crippen LogP contribution in [0, 0.1) is 0 Å². The number of hydrogen-bond acceptors (Lipinski definition) is 6. The Morgan fingerprint density at radius 1 is 0.263 bits per heavy atom. The summed E-state index contributed by atoms with van der Waals surface area (Å²) < 4.78 is 5.49. The minimum absolute atomic E-state index is 0.836. The van der Waals surface area contributed by atoms with Gasteiger partial charge in [-0.1, -0.05) is 127 Å². The molecular formula is C48H33N9. The lowest BCUT2D eigenvalue weighted by molar-refractivity contribution is 0.861. The van der Waals surface area contributed by atoms with Crippen LogP contribution < -0.4 is 0 Å². The van der Waals surface area contributed by atoms with Crippen molar-refractivity contribution >= 4 is 65.0 Å². The summed E-state index contributed by atoms with van der Waals surface area (Å²) >= 11 is 0. The maximum Gasteiger partial charge on any atom is 0.153 e. The summed E-state index contributed by atoms with van der Waals surface area (Å²) in [5.74, 6) is 2.51. The molecule has 9 heteroatoms. The number of fused-ring (bicyclic) bond motifs is 9. The first kappa shape index (κ1) is 33.5. The van der Waals surface area contributed by atoms with Gasteiger partial charge in [-0.25, -0.2) is 29.0 Å². The second-order valence-corrected chi connectivity index (χ2v) is 13.5. The Morgan fingerprint density at radius 3 is 0.842 bits per heavy atom. The smallest absolute Gasteiger partial charge is 0.153 e. The molecule has 0 saturated carbocycles. The number of nitrogens with zero attached hydrogens (tertiary/aromatic N) is 9. The van der Waals surface area contributed by atoms with Gasteiger partial charge in [-0.2, -0.15) is 15.3 Å². The van der Waals surface area contributed by atoms with Crippen molar-refractivity contribution in [1.82, 2.24) is 44.3 Å². The van der Waals surface area contributed by atoms with Gasteiger partial charge in [0.05, 0.1) is 0 Å². The third-order valence-electron chi connectivity index (χ3n) is 9.85. The van der Waals surface area contributed by atoms with Crippen LogP contribution in [0.2, 0.25) is 0 Å². The number of aromatic nitrogens is 9. The van der Waals surface area contributed by atoms with Gasteiger partial charge in [-0.15, -0.1) is 0 Å². The van der Waals surface area contributed by atoms with Gasteiger partial charge in [0.1, 0.15) is 16.6 Å². The van der Waals surface area contributed by atoms with Gasteiger partial charge < -0.3 is 0 Å². The van der Waals surface area contributed by atoms with Crippen molar-refractivity contribution in [2.75, 3.05) is 0 Å².